The van der Waals surface area contributed by atoms with E-state index in [0.717, 1.165) is 15.6 Å². The molecule has 0 unspecified atom stereocenters. The van der Waals surface area contributed by atoms with Crippen molar-refractivity contribution in [2.45, 2.75) is 20.5 Å². The number of hydrogen-bond donors (Lipinski definition) is 1. The Kier molecular flexibility index (Phi) is 4.10. The van der Waals surface area contributed by atoms with E-state index < -0.39 is 0 Å². The molecule has 2 rings (SSSR count). The summed E-state index contributed by atoms with van der Waals surface area (Å²) in [5.74, 6) is 0.367. The van der Waals surface area contributed by atoms with E-state index in [1.807, 2.05) is 26.0 Å². The highest BCUT2D eigenvalue weighted by Crippen LogP contribution is 2.27. The van der Waals surface area contributed by atoms with E-state index in [0.29, 0.717) is 17.0 Å². The van der Waals surface area contributed by atoms with Gasteiger partial charge in [-0.1, -0.05) is 22.0 Å². The average Bonchev–Trinajstić information content (AvgIpc) is 2.35. The zero-order valence-electron chi connectivity index (χ0n) is 10.8. The molecular weight excluding hydrogens is 309 g/mol. The Bertz CT molecular complexity index is 570. The van der Waals surface area contributed by atoms with E-state index in [2.05, 4.69) is 15.9 Å². The summed E-state index contributed by atoms with van der Waals surface area (Å²) >= 11 is 3.50. The van der Waals surface area contributed by atoms with Crippen molar-refractivity contribution in [3.8, 4) is 5.75 Å². The van der Waals surface area contributed by atoms with Crippen molar-refractivity contribution in [2.75, 3.05) is 5.73 Å². The first-order valence-electron chi connectivity index (χ1n) is 5.91. The highest BCUT2D eigenvalue weighted by atomic mass is 79.9. The first kappa shape index (κ1) is 13.9. The quantitative estimate of drug-likeness (QED) is 0.851. The van der Waals surface area contributed by atoms with E-state index in [1.165, 1.54) is 6.07 Å². The average molecular weight is 324 g/mol. The Balaban J connectivity index is 2.19. The molecule has 0 heterocycles. The first-order valence-corrected chi connectivity index (χ1v) is 6.70. The van der Waals surface area contributed by atoms with Gasteiger partial charge in [0, 0.05) is 15.7 Å². The summed E-state index contributed by atoms with van der Waals surface area (Å²) in [6.45, 7) is 4.10. The van der Waals surface area contributed by atoms with E-state index >= 15 is 0 Å². The predicted molar refractivity (Wildman–Crippen MR) is 78.8 cm³/mol. The summed E-state index contributed by atoms with van der Waals surface area (Å²) in [6.07, 6.45) is 0. The fourth-order valence-electron chi connectivity index (χ4n) is 1.87. The van der Waals surface area contributed by atoms with Crippen molar-refractivity contribution >= 4 is 21.6 Å². The number of rotatable bonds is 3. The van der Waals surface area contributed by atoms with E-state index in [9.17, 15) is 4.39 Å². The zero-order chi connectivity index (χ0) is 14.0. The molecule has 0 bridgehead atoms. The molecule has 0 aliphatic rings. The van der Waals surface area contributed by atoms with Gasteiger partial charge in [-0.25, -0.2) is 4.39 Å². The van der Waals surface area contributed by atoms with Gasteiger partial charge in [0.1, 0.15) is 18.2 Å². The number of anilines is 1. The van der Waals surface area contributed by atoms with Crippen molar-refractivity contribution < 1.29 is 9.13 Å². The molecule has 0 fully saturated rings. The van der Waals surface area contributed by atoms with Crippen LogP contribution in [0.25, 0.3) is 0 Å². The van der Waals surface area contributed by atoms with Gasteiger partial charge in [0.15, 0.2) is 0 Å². The number of hydrogen-bond acceptors (Lipinski definition) is 2. The van der Waals surface area contributed by atoms with Crippen molar-refractivity contribution in [3.05, 3.63) is 57.3 Å². The first-order chi connectivity index (χ1) is 8.99. The number of nitrogens with two attached hydrogens (primary N) is 1. The van der Waals surface area contributed by atoms with Crippen LogP contribution in [0.5, 0.6) is 5.75 Å². The van der Waals surface area contributed by atoms with Gasteiger partial charge >= 0.3 is 0 Å². The maximum Gasteiger partial charge on any atom is 0.131 e. The third kappa shape index (κ3) is 3.07. The molecular formula is C15H15BrFNO. The lowest BCUT2D eigenvalue weighted by Gasteiger charge is -2.12. The monoisotopic (exact) mass is 323 g/mol. The van der Waals surface area contributed by atoms with Crippen LogP contribution >= 0.6 is 15.9 Å². The number of benzene rings is 2. The minimum atomic E-state index is -0.342. The largest absolute Gasteiger partial charge is 0.489 e. The van der Waals surface area contributed by atoms with Crippen LogP contribution in [-0.2, 0) is 6.61 Å². The molecule has 0 radical (unpaired) electrons. The van der Waals surface area contributed by atoms with Crippen LogP contribution in [0.4, 0.5) is 10.1 Å². The van der Waals surface area contributed by atoms with E-state index in [4.69, 9.17) is 10.5 Å². The maximum atomic E-state index is 13.6. The Morgan fingerprint density at radius 1 is 1.21 bits per heavy atom. The van der Waals surface area contributed by atoms with Gasteiger partial charge in [0.25, 0.3) is 0 Å². The lowest BCUT2D eigenvalue weighted by molar-refractivity contribution is 0.300. The second-order valence-electron chi connectivity index (χ2n) is 4.47. The van der Waals surface area contributed by atoms with Crippen molar-refractivity contribution in [1.29, 1.82) is 0 Å². The summed E-state index contributed by atoms with van der Waals surface area (Å²) in [6, 6.07) is 8.46. The number of aryl methyl sites for hydroxylation is 2. The van der Waals surface area contributed by atoms with E-state index in [-0.39, 0.29) is 12.4 Å². The van der Waals surface area contributed by atoms with Gasteiger partial charge in [0.2, 0.25) is 0 Å². The maximum absolute atomic E-state index is 13.6. The fraction of sp³-hybridized carbons (Fsp3) is 0.200. The van der Waals surface area contributed by atoms with Crippen LogP contribution < -0.4 is 10.5 Å². The smallest absolute Gasteiger partial charge is 0.131 e. The molecule has 2 nitrogen and oxygen atoms in total. The minimum Gasteiger partial charge on any atom is -0.489 e. The number of ether oxygens (including phenoxy) is 1. The van der Waals surface area contributed by atoms with E-state index in [1.54, 1.807) is 12.1 Å². The van der Waals surface area contributed by atoms with Crippen LogP contribution in [-0.4, -0.2) is 0 Å². The molecule has 0 aliphatic carbocycles. The predicted octanol–water partition coefficient (Wildman–Crippen LogP) is 4.37. The summed E-state index contributed by atoms with van der Waals surface area (Å²) < 4.78 is 20.3. The van der Waals surface area contributed by atoms with Gasteiger partial charge in [-0.15, -0.1) is 0 Å². The molecule has 0 saturated heterocycles. The molecule has 0 amide bonds. The normalized spacial score (nSPS) is 10.5. The van der Waals surface area contributed by atoms with Crippen molar-refractivity contribution in [3.63, 3.8) is 0 Å². The topological polar surface area (TPSA) is 35.2 Å². The second-order valence-corrected chi connectivity index (χ2v) is 5.26. The summed E-state index contributed by atoms with van der Waals surface area (Å²) in [5, 5.41) is 0. The molecule has 0 aromatic heterocycles. The summed E-state index contributed by atoms with van der Waals surface area (Å²) in [7, 11) is 0. The highest BCUT2D eigenvalue weighted by Gasteiger charge is 2.08. The van der Waals surface area contributed by atoms with Crippen molar-refractivity contribution in [1.82, 2.24) is 0 Å². The summed E-state index contributed by atoms with van der Waals surface area (Å²) in [5.41, 5.74) is 8.70. The lowest BCUT2D eigenvalue weighted by atomic mass is 10.1. The molecule has 0 saturated carbocycles. The third-order valence-corrected chi connectivity index (χ3v) is 4.20. The third-order valence-electron chi connectivity index (χ3n) is 2.95. The van der Waals surface area contributed by atoms with Gasteiger partial charge in [-0.2, -0.15) is 0 Å². The Hall–Kier alpha value is -1.55. The SMILES string of the molecule is Cc1cc(OCc2c(N)cccc2F)cc(C)c1Br. The fourth-order valence-corrected chi connectivity index (χ4v) is 2.10. The molecule has 4 heteroatoms. The van der Waals surface area contributed by atoms with Gasteiger partial charge in [0.05, 0.1) is 0 Å². The molecule has 2 aromatic rings. The van der Waals surface area contributed by atoms with Crippen LogP contribution in [0, 0.1) is 19.7 Å². The molecule has 0 atom stereocenters. The van der Waals surface area contributed by atoms with Crippen LogP contribution in [0.3, 0.4) is 0 Å². The zero-order valence-corrected chi connectivity index (χ0v) is 12.4. The Labute approximate surface area is 120 Å². The number of halogens is 2. The molecule has 2 aromatic carbocycles. The van der Waals surface area contributed by atoms with Crippen LogP contribution in [0.15, 0.2) is 34.8 Å². The number of nitrogen functional groups attached to an aromatic ring is 1. The van der Waals surface area contributed by atoms with Crippen LogP contribution in [0.2, 0.25) is 0 Å². The molecule has 100 valence electrons. The van der Waals surface area contributed by atoms with Gasteiger partial charge < -0.3 is 10.5 Å². The minimum absolute atomic E-state index is 0.124. The van der Waals surface area contributed by atoms with Crippen LogP contribution in [0.1, 0.15) is 16.7 Å². The van der Waals surface area contributed by atoms with Crippen molar-refractivity contribution in [2.24, 2.45) is 0 Å². The molecule has 0 aliphatic heterocycles. The van der Waals surface area contributed by atoms with Gasteiger partial charge in [-0.3, -0.25) is 0 Å². The molecule has 2 N–H and O–H groups in total. The standard InChI is InChI=1S/C15H15BrFNO/c1-9-6-11(7-10(2)15(9)16)19-8-12-13(17)4-3-5-14(12)18/h3-7H,8,18H2,1-2H3. The molecule has 0 spiro atoms. The lowest BCUT2D eigenvalue weighted by Crippen LogP contribution is -2.03. The Morgan fingerprint density at radius 3 is 2.42 bits per heavy atom. The summed E-state index contributed by atoms with van der Waals surface area (Å²) in [4.78, 5) is 0. The second kappa shape index (κ2) is 5.61. The van der Waals surface area contributed by atoms with Gasteiger partial charge in [-0.05, 0) is 49.2 Å². The Morgan fingerprint density at radius 2 is 1.84 bits per heavy atom. The molecule has 19 heavy (non-hydrogen) atoms. The highest BCUT2D eigenvalue weighted by molar-refractivity contribution is 9.10.